The third-order valence-electron chi connectivity index (χ3n) is 3.83. The number of carbonyl (C=O) groups is 1. The fourth-order valence-corrected chi connectivity index (χ4v) is 3.10. The Bertz CT molecular complexity index is 519. The van der Waals surface area contributed by atoms with E-state index in [2.05, 4.69) is 10.6 Å². The van der Waals surface area contributed by atoms with Crippen molar-refractivity contribution in [2.24, 2.45) is 5.92 Å². The summed E-state index contributed by atoms with van der Waals surface area (Å²) in [4.78, 5) is 12.0. The molecule has 21 heavy (non-hydrogen) atoms. The topological polar surface area (TPSA) is 41.1 Å². The Morgan fingerprint density at radius 3 is 2.90 bits per heavy atom. The number of nitrogens with one attached hydrogen (secondary N) is 2. The molecule has 2 N–H and O–H groups in total. The van der Waals surface area contributed by atoms with Gasteiger partial charge in [-0.2, -0.15) is 0 Å². The van der Waals surface area contributed by atoms with Gasteiger partial charge in [-0.25, -0.2) is 4.39 Å². The van der Waals surface area contributed by atoms with Gasteiger partial charge < -0.3 is 10.6 Å². The molecule has 2 atom stereocenters. The summed E-state index contributed by atoms with van der Waals surface area (Å²) >= 11 is 11.7. The lowest BCUT2D eigenvalue weighted by Crippen LogP contribution is -2.27. The van der Waals surface area contributed by atoms with Gasteiger partial charge in [-0.15, -0.1) is 0 Å². The van der Waals surface area contributed by atoms with Crippen LogP contribution in [0.1, 0.15) is 37.8 Å². The van der Waals surface area contributed by atoms with Crippen LogP contribution in [0.25, 0.3) is 0 Å². The monoisotopic (exact) mass is 332 g/mol. The van der Waals surface area contributed by atoms with Crippen LogP contribution in [0.2, 0.25) is 10.0 Å². The first kappa shape index (κ1) is 16.5. The van der Waals surface area contributed by atoms with Crippen molar-refractivity contribution in [1.82, 2.24) is 10.6 Å². The molecule has 1 aromatic rings. The number of amides is 1. The summed E-state index contributed by atoms with van der Waals surface area (Å²) in [5.41, 5.74) is 0.537. The first-order chi connectivity index (χ1) is 9.97. The summed E-state index contributed by atoms with van der Waals surface area (Å²) in [5.74, 6) is -0.00218. The Labute approximate surface area is 134 Å². The molecule has 1 heterocycles. The molecule has 116 valence electrons. The Morgan fingerprint density at radius 1 is 1.48 bits per heavy atom. The third-order valence-corrected chi connectivity index (χ3v) is 4.44. The molecular formula is C15H19Cl2FN2O. The summed E-state index contributed by atoms with van der Waals surface area (Å²) in [5, 5.41) is 6.47. The van der Waals surface area contributed by atoms with Gasteiger partial charge in [-0.3, -0.25) is 4.79 Å². The van der Waals surface area contributed by atoms with E-state index in [1.165, 1.54) is 12.1 Å². The van der Waals surface area contributed by atoms with Crippen molar-refractivity contribution >= 4 is 29.1 Å². The fourth-order valence-electron chi connectivity index (χ4n) is 2.56. The molecule has 1 aliphatic rings. The molecule has 2 unspecified atom stereocenters. The molecule has 3 nitrogen and oxygen atoms in total. The molecule has 0 aliphatic carbocycles. The minimum Gasteiger partial charge on any atom is -0.350 e. The van der Waals surface area contributed by atoms with E-state index in [9.17, 15) is 9.18 Å². The quantitative estimate of drug-likeness (QED) is 0.807. The van der Waals surface area contributed by atoms with Gasteiger partial charge in [0.1, 0.15) is 5.82 Å². The maximum atomic E-state index is 13.5. The maximum absolute atomic E-state index is 13.5. The van der Waals surface area contributed by atoms with Crippen LogP contribution in [-0.4, -0.2) is 19.0 Å². The average molecular weight is 333 g/mol. The summed E-state index contributed by atoms with van der Waals surface area (Å²) in [6.45, 7) is 3.79. The van der Waals surface area contributed by atoms with Crippen LogP contribution < -0.4 is 10.6 Å². The van der Waals surface area contributed by atoms with Crippen molar-refractivity contribution in [2.45, 2.75) is 32.2 Å². The highest BCUT2D eigenvalue weighted by molar-refractivity contribution is 6.35. The lowest BCUT2D eigenvalue weighted by atomic mass is 10.0. The summed E-state index contributed by atoms with van der Waals surface area (Å²) in [7, 11) is 0. The van der Waals surface area contributed by atoms with Gasteiger partial charge in [0.05, 0.1) is 11.1 Å². The van der Waals surface area contributed by atoms with Crippen molar-refractivity contribution in [2.75, 3.05) is 13.1 Å². The van der Waals surface area contributed by atoms with Crippen molar-refractivity contribution in [3.8, 4) is 0 Å². The van der Waals surface area contributed by atoms with E-state index < -0.39 is 5.82 Å². The number of hydrogen-bond donors (Lipinski definition) is 2. The third kappa shape index (κ3) is 4.56. The highest BCUT2D eigenvalue weighted by Gasteiger charge is 2.18. The van der Waals surface area contributed by atoms with Crippen LogP contribution in [0.15, 0.2) is 12.1 Å². The number of benzene rings is 1. The second-order valence-electron chi connectivity index (χ2n) is 5.47. The number of hydrogen-bond acceptors (Lipinski definition) is 2. The van der Waals surface area contributed by atoms with E-state index in [0.717, 1.165) is 25.9 Å². The Balaban J connectivity index is 1.89. The van der Waals surface area contributed by atoms with Gasteiger partial charge in [0, 0.05) is 11.4 Å². The van der Waals surface area contributed by atoms with Crippen LogP contribution in [0.4, 0.5) is 4.39 Å². The Hall–Kier alpha value is -0.840. The normalized spacial score (nSPS) is 19.5. The smallest absolute Gasteiger partial charge is 0.220 e. The van der Waals surface area contributed by atoms with Crippen LogP contribution in [-0.2, 0) is 4.79 Å². The molecule has 2 rings (SSSR count). The van der Waals surface area contributed by atoms with Gasteiger partial charge in [0.25, 0.3) is 0 Å². The highest BCUT2D eigenvalue weighted by atomic mass is 35.5. The first-order valence-corrected chi connectivity index (χ1v) is 7.87. The molecule has 1 amide bonds. The Morgan fingerprint density at radius 2 is 2.24 bits per heavy atom. The lowest BCUT2D eigenvalue weighted by Gasteiger charge is -2.17. The first-order valence-electron chi connectivity index (χ1n) is 7.12. The molecule has 0 radical (unpaired) electrons. The van der Waals surface area contributed by atoms with Crippen LogP contribution in [0, 0.1) is 11.7 Å². The number of carbonyl (C=O) groups excluding carboxylic acids is 1. The second-order valence-corrected chi connectivity index (χ2v) is 6.29. The SMILES string of the molecule is CC(NC(=O)CCC1CCNC1)c1cc(F)c(Cl)cc1Cl. The minimum atomic E-state index is -0.533. The summed E-state index contributed by atoms with van der Waals surface area (Å²) in [6, 6.07) is 2.29. The highest BCUT2D eigenvalue weighted by Crippen LogP contribution is 2.28. The van der Waals surface area contributed by atoms with E-state index >= 15 is 0 Å². The van der Waals surface area contributed by atoms with Crippen molar-refractivity contribution in [3.05, 3.63) is 33.6 Å². The minimum absolute atomic E-state index is 0.0176. The van der Waals surface area contributed by atoms with E-state index in [1.54, 1.807) is 6.92 Å². The average Bonchev–Trinajstić information content (AvgIpc) is 2.93. The fraction of sp³-hybridized carbons (Fsp3) is 0.533. The zero-order chi connectivity index (χ0) is 15.4. The Kier molecular flexibility index (Phi) is 5.85. The molecular weight excluding hydrogens is 314 g/mol. The molecule has 0 bridgehead atoms. The van der Waals surface area contributed by atoms with Crippen LogP contribution in [0.5, 0.6) is 0 Å². The molecule has 1 saturated heterocycles. The zero-order valence-electron chi connectivity index (χ0n) is 11.9. The van der Waals surface area contributed by atoms with Crippen LogP contribution in [0.3, 0.4) is 0 Å². The molecule has 1 fully saturated rings. The lowest BCUT2D eigenvalue weighted by molar-refractivity contribution is -0.122. The standard InChI is InChI=1S/C15H19Cl2FN2O/c1-9(11-6-14(18)13(17)7-12(11)16)20-15(21)3-2-10-4-5-19-8-10/h6-7,9-10,19H,2-5,8H2,1H3,(H,20,21). The second kappa shape index (κ2) is 7.43. The van der Waals surface area contributed by atoms with Gasteiger partial charge in [0.15, 0.2) is 0 Å². The molecule has 6 heteroatoms. The van der Waals surface area contributed by atoms with Gasteiger partial charge in [-0.05, 0) is 56.5 Å². The molecule has 0 aromatic heterocycles. The van der Waals surface area contributed by atoms with Crippen molar-refractivity contribution < 1.29 is 9.18 Å². The summed E-state index contributed by atoms with van der Waals surface area (Å²) in [6.07, 6.45) is 2.47. The van der Waals surface area contributed by atoms with Gasteiger partial charge in [0.2, 0.25) is 5.91 Å². The van der Waals surface area contributed by atoms with E-state index in [0.29, 0.717) is 22.9 Å². The molecule has 0 spiro atoms. The van der Waals surface area contributed by atoms with Gasteiger partial charge >= 0.3 is 0 Å². The maximum Gasteiger partial charge on any atom is 0.220 e. The van der Waals surface area contributed by atoms with E-state index in [-0.39, 0.29) is 17.0 Å². The van der Waals surface area contributed by atoms with Crippen molar-refractivity contribution in [3.63, 3.8) is 0 Å². The number of halogens is 3. The molecule has 1 aliphatic heterocycles. The number of rotatable bonds is 5. The predicted molar refractivity (Wildman–Crippen MR) is 83.2 cm³/mol. The summed E-state index contributed by atoms with van der Waals surface area (Å²) < 4.78 is 13.5. The molecule has 0 saturated carbocycles. The van der Waals surface area contributed by atoms with E-state index in [4.69, 9.17) is 23.2 Å². The van der Waals surface area contributed by atoms with Crippen LogP contribution >= 0.6 is 23.2 Å². The van der Waals surface area contributed by atoms with Gasteiger partial charge in [-0.1, -0.05) is 23.2 Å². The zero-order valence-corrected chi connectivity index (χ0v) is 13.4. The molecule has 1 aromatic carbocycles. The predicted octanol–water partition coefficient (Wildman–Crippen LogP) is 3.70. The largest absolute Gasteiger partial charge is 0.350 e. The van der Waals surface area contributed by atoms with Crippen molar-refractivity contribution in [1.29, 1.82) is 0 Å². The van der Waals surface area contributed by atoms with E-state index in [1.807, 2.05) is 0 Å².